The number of rotatable bonds is 0. The molecule has 0 aliphatic rings. The highest BCUT2D eigenvalue weighted by atomic mass is 14.6. The van der Waals surface area contributed by atoms with Crippen LogP contribution < -0.4 is 0 Å². The van der Waals surface area contributed by atoms with Gasteiger partial charge in [0, 0.05) is 0 Å². The Morgan fingerprint density at radius 3 is 1.44 bits per heavy atom. The molecule has 0 saturated heterocycles. The first-order chi connectivity index (χ1) is 16.7. The standard InChI is InChI=1S/C32H16N2/c1-34-24-7-13-26-21(15-24)4-12-30-28(26)10-6-23-16-31-22(17-32(23)30)5-9-27-25-8-2-19(18-33)14-20(25)3-11-29(27)31/h2-17H. The van der Waals surface area contributed by atoms with Gasteiger partial charge in [-0.25, -0.2) is 4.85 Å². The van der Waals surface area contributed by atoms with E-state index in [-0.39, 0.29) is 0 Å². The molecule has 2 heteroatoms. The fourth-order valence-corrected chi connectivity index (χ4v) is 5.38. The van der Waals surface area contributed by atoms with Gasteiger partial charge in [-0.2, -0.15) is 5.26 Å². The lowest BCUT2D eigenvalue weighted by molar-refractivity contribution is 1.50. The lowest BCUT2D eigenvalue weighted by Crippen LogP contribution is -1.85. The van der Waals surface area contributed by atoms with E-state index in [0.717, 1.165) is 10.8 Å². The minimum Gasteiger partial charge on any atom is -0.238 e. The molecule has 0 unspecified atom stereocenters. The van der Waals surface area contributed by atoms with E-state index in [2.05, 4.69) is 83.7 Å². The summed E-state index contributed by atoms with van der Waals surface area (Å²) in [7, 11) is 0. The fourth-order valence-electron chi connectivity index (χ4n) is 5.38. The van der Waals surface area contributed by atoms with E-state index >= 15 is 0 Å². The number of hydrogen-bond donors (Lipinski definition) is 0. The van der Waals surface area contributed by atoms with Gasteiger partial charge in [-0.15, -0.1) is 0 Å². The molecule has 0 aromatic heterocycles. The van der Waals surface area contributed by atoms with Crippen molar-refractivity contribution >= 4 is 70.3 Å². The smallest absolute Gasteiger partial charge is 0.187 e. The highest BCUT2D eigenvalue weighted by Gasteiger charge is 2.10. The summed E-state index contributed by atoms with van der Waals surface area (Å²) in [6, 6.07) is 36.1. The minimum absolute atomic E-state index is 0.668. The second-order valence-corrected chi connectivity index (χ2v) is 8.81. The molecular weight excluding hydrogens is 412 g/mol. The number of nitriles is 1. The zero-order valence-electron chi connectivity index (χ0n) is 18.1. The van der Waals surface area contributed by atoms with Gasteiger partial charge in [0.15, 0.2) is 5.69 Å². The zero-order valence-corrected chi connectivity index (χ0v) is 18.1. The van der Waals surface area contributed by atoms with Gasteiger partial charge in [-0.1, -0.05) is 66.7 Å². The summed E-state index contributed by atoms with van der Waals surface area (Å²) in [5.41, 5.74) is 1.35. The van der Waals surface area contributed by atoms with Crippen molar-refractivity contribution < 1.29 is 0 Å². The Balaban J connectivity index is 1.54. The third-order valence-corrected chi connectivity index (χ3v) is 7.03. The molecule has 7 aromatic carbocycles. The van der Waals surface area contributed by atoms with E-state index < -0.39 is 0 Å². The lowest BCUT2D eigenvalue weighted by Gasteiger charge is -2.12. The highest BCUT2D eigenvalue weighted by Crippen LogP contribution is 2.37. The van der Waals surface area contributed by atoms with Gasteiger partial charge in [0.2, 0.25) is 0 Å². The Morgan fingerprint density at radius 2 is 0.912 bits per heavy atom. The van der Waals surface area contributed by atoms with Gasteiger partial charge in [0.25, 0.3) is 0 Å². The van der Waals surface area contributed by atoms with Crippen molar-refractivity contribution in [3.63, 3.8) is 0 Å². The Morgan fingerprint density at radius 1 is 0.471 bits per heavy atom. The van der Waals surface area contributed by atoms with Gasteiger partial charge in [0.05, 0.1) is 18.2 Å². The van der Waals surface area contributed by atoms with Gasteiger partial charge in [-0.3, -0.25) is 0 Å². The van der Waals surface area contributed by atoms with Gasteiger partial charge < -0.3 is 0 Å². The fraction of sp³-hybridized carbons (Fsp3) is 0. The van der Waals surface area contributed by atoms with Crippen LogP contribution >= 0.6 is 0 Å². The molecular formula is C32H16N2. The molecule has 154 valence electrons. The van der Waals surface area contributed by atoms with E-state index in [0.29, 0.717) is 11.3 Å². The second kappa shape index (κ2) is 6.79. The normalized spacial score (nSPS) is 11.5. The molecule has 0 amide bonds. The molecule has 0 aliphatic carbocycles. The number of hydrogen-bond acceptors (Lipinski definition) is 1. The lowest BCUT2D eigenvalue weighted by atomic mass is 9.92. The van der Waals surface area contributed by atoms with Crippen LogP contribution in [0.5, 0.6) is 0 Å². The molecule has 0 N–H and O–H groups in total. The summed E-state index contributed by atoms with van der Waals surface area (Å²) < 4.78 is 0. The van der Waals surface area contributed by atoms with Crippen molar-refractivity contribution in [2.75, 3.05) is 0 Å². The summed E-state index contributed by atoms with van der Waals surface area (Å²) in [6.07, 6.45) is 0. The number of nitrogens with zero attached hydrogens (tertiary/aromatic N) is 2. The molecule has 0 heterocycles. The molecule has 0 spiro atoms. The summed E-state index contributed by atoms with van der Waals surface area (Å²) in [6.45, 7) is 7.30. The molecule has 0 radical (unpaired) electrons. The van der Waals surface area contributed by atoms with E-state index in [9.17, 15) is 5.26 Å². The van der Waals surface area contributed by atoms with E-state index in [1.807, 2.05) is 24.3 Å². The first kappa shape index (κ1) is 18.6. The first-order valence-electron chi connectivity index (χ1n) is 11.2. The SMILES string of the molecule is [C-]#[N+]c1ccc2c(ccc3c4cc5ccc6c7ccc(C#N)cc7ccc6c5cc4ccc23)c1. The highest BCUT2D eigenvalue weighted by molar-refractivity contribution is 6.23. The van der Waals surface area contributed by atoms with Crippen molar-refractivity contribution in [3.8, 4) is 6.07 Å². The minimum atomic E-state index is 0.668. The van der Waals surface area contributed by atoms with Crippen LogP contribution in [-0.2, 0) is 0 Å². The molecule has 34 heavy (non-hydrogen) atoms. The van der Waals surface area contributed by atoms with Gasteiger partial charge in [-0.05, 0) is 95.0 Å². The summed E-state index contributed by atoms with van der Waals surface area (Å²) >= 11 is 0. The van der Waals surface area contributed by atoms with Crippen molar-refractivity contribution in [3.05, 3.63) is 114 Å². The van der Waals surface area contributed by atoms with Crippen LogP contribution in [0.2, 0.25) is 0 Å². The van der Waals surface area contributed by atoms with E-state index in [1.54, 1.807) is 0 Å². The predicted octanol–water partition coefficient (Wildman–Crippen LogP) is 9.03. The van der Waals surface area contributed by atoms with Crippen molar-refractivity contribution in [1.82, 2.24) is 0 Å². The second-order valence-electron chi connectivity index (χ2n) is 8.81. The molecule has 2 nitrogen and oxygen atoms in total. The third-order valence-electron chi connectivity index (χ3n) is 7.03. The summed E-state index contributed by atoms with van der Waals surface area (Å²) in [5.74, 6) is 0. The Kier molecular flexibility index (Phi) is 3.72. The average Bonchev–Trinajstić information content (AvgIpc) is 2.90. The summed E-state index contributed by atoms with van der Waals surface area (Å²) in [5, 5.41) is 23.5. The zero-order chi connectivity index (χ0) is 22.8. The van der Waals surface area contributed by atoms with E-state index in [1.165, 1.54) is 53.9 Å². The molecule has 7 aromatic rings. The van der Waals surface area contributed by atoms with Gasteiger partial charge in [0.1, 0.15) is 0 Å². The van der Waals surface area contributed by atoms with Crippen molar-refractivity contribution in [2.24, 2.45) is 0 Å². The van der Waals surface area contributed by atoms with Crippen molar-refractivity contribution in [1.29, 1.82) is 5.26 Å². The van der Waals surface area contributed by atoms with Crippen LogP contribution in [-0.4, -0.2) is 0 Å². The maximum Gasteiger partial charge on any atom is 0.187 e. The number of fused-ring (bicyclic) bond motifs is 10. The van der Waals surface area contributed by atoms with Crippen LogP contribution in [0.3, 0.4) is 0 Å². The maximum absolute atomic E-state index is 9.25. The predicted molar refractivity (Wildman–Crippen MR) is 142 cm³/mol. The summed E-state index contributed by atoms with van der Waals surface area (Å²) in [4.78, 5) is 3.57. The van der Waals surface area contributed by atoms with Crippen LogP contribution in [0.1, 0.15) is 5.56 Å². The Hall–Kier alpha value is -4.92. The molecule has 7 rings (SSSR count). The third kappa shape index (κ3) is 2.54. The topological polar surface area (TPSA) is 28.1 Å². The largest absolute Gasteiger partial charge is 0.238 e. The van der Waals surface area contributed by atoms with Crippen LogP contribution in [0.25, 0.3) is 69.5 Å². The molecule has 0 bridgehead atoms. The maximum atomic E-state index is 9.25. The average molecular weight is 428 g/mol. The molecule has 0 atom stereocenters. The van der Waals surface area contributed by atoms with E-state index in [4.69, 9.17) is 6.57 Å². The quantitative estimate of drug-likeness (QED) is 0.134. The first-order valence-corrected chi connectivity index (χ1v) is 11.2. The van der Waals surface area contributed by atoms with Crippen molar-refractivity contribution in [2.45, 2.75) is 0 Å². The Labute approximate surface area is 195 Å². The Bertz CT molecular complexity index is 1930. The monoisotopic (exact) mass is 428 g/mol. The van der Waals surface area contributed by atoms with Crippen LogP contribution in [0.15, 0.2) is 97.1 Å². The van der Waals surface area contributed by atoms with Crippen LogP contribution in [0, 0.1) is 17.9 Å². The van der Waals surface area contributed by atoms with Crippen LogP contribution in [0.4, 0.5) is 5.69 Å². The van der Waals surface area contributed by atoms with Gasteiger partial charge >= 0.3 is 0 Å². The number of benzene rings is 7. The molecule has 0 fully saturated rings. The molecule has 0 aliphatic heterocycles. The molecule has 0 saturated carbocycles.